The van der Waals surface area contributed by atoms with Crippen LogP contribution in [0.25, 0.3) is 0 Å². The van der Waals surface area contributed by atoms with Gasteiger partial charge < -0.3 is 9.80 Å². The van der Waals surface area contributed by atoms with Gasteiger partial charge >= 0.3 is 0 Å². The third-order valence-electron chi connectivity index (χ3n) is 5.65. The lowest BCUT2D eigenvalue weighted by Gasteiger charge is -2.40. The van der Waals surface area contributed by atoms with Crippen LogP contribution in [-0.2, 0) is 5.41 Å². The van der Waals surface area contributed by atoms with E-state index in [0.717, 1.165) is 19.0 Å². The second-order valence-corrected chi connectivity index (χ2v) is 7.09. The number of aromatic nitrogens is 2. The topological polar surface area (TPSA) is 32.3 Å². The fourth-order valence-corrected chi connectivity index (χ4v) is 4.38. The molecule has 0 saturated carbocycles. The Morgan fingerprint density at radius 2 is 1.74 bits per heavy atom. The highest BCUT2D eigenvalue weighted by Crippen LogP contribution is 2.52. The summed E-state index contributed by atoms with van der Waals surface area (Å²) >= 11 is 0. The zero-order valence-corrected chi connectivity index (χ0v) is 13.9. The second kappa shape index (κ2) is 5.60. The van der Waals surface area contributed by atoms with E-state index in [9.17, 15) is 0 Å². The summed E-state index contributed by atoms with van der Waals surface area (Å²) in [6.45, 7) is 2.08. The fourth-order valence-electron chi connectivity index (χ4n) is 4.38. The molecule has 0 amide bonds. The average Bonchev–Trinajstić information content (AvgIpc) is 2.92. The van der Waals surface area contributed by atoms with Crippen LogP contribution in [0.3, 0.4) is 0 Å². The molecule has 0 radical (unpaired) electrons. The lowest BCUT2D eigenvalue weighted by molar-refractivity contribution is 0.230. The molecule has 2 aliphatic rings. The molecule has 1 spiro atoms. The van der Waals surface area contributed by atoms with E-state index in [1.54, 1.807) is 5.56 Å². The summed E-state index contributed by atoms with van der Waals surface area (Å²) in [5.74, 6) is 0.873. The van der Waals surface area contributed by atoms with Gasteiger partial charge in [-0.3, -0.25) is 0 Å². The van der Waals surface area contributed by atoms with Crippen molar-refractivity contribution in [3.05, 3.63) is 53.9 Å². The molecule has 120 valence electrons. The molecule has 1 aromatic heterocycles. The number of hydrogen-bond donors (Lipinski definition) is 0. The molecule has 4 rings (SSSR count). The van der Waals surface area contributed by atoms with Gasteiger partial charge in [0.1, 0.15) is 0 Å². The van der Waals surface area contributed by atoms with Crippen LogP contribution >= 0.6 is 0 Å². The monoisotopic (exact) mass is 308 g/mol. The lowest BCUT2D eigenvalue weighted by Crippen LogP contribution is -2.42. The van der Waals surface area contributed by atoms with Crippen molar-refractivity contribution in [3.8, 4) is 0 Å². The van der Waals surface area contributed by atoms with Gasteiger partial charge in [-0.15, -0.1) is 0 Å². The zero-order chi connectivity index (χ0) is 15.9. The van der Waals surface area contributed by atoms with Gasteiger partial charge in [0.2, 0.25) is 5.95 Å². The van der Waals surface area contributed by atoms with Crippen molar-refractivity contribution in [1.82, 2.24) is 14.9 Å². The summed E-state index contributed by atoms with van der Waals surface area (Å²) in [7, 11) is 4.40. The van der Waals surface area contributed by atoms with Crippen LogP contribution in [0.15, 0.2) is 42.7 Å². The number of piperidine rings is 1. The van der Waals surface area contributed by atoms with Gasteiger partial charge in [0.25, 0.3) is 0 Å². The van der Waals surface area contributed by atoms with Crippen LogP contribution in [0.1, 0.15) is 36.4 Å². The molecule has 23 heavy (non-hydrogen) atoms. The smallest absolute Gasteiger partial charge is 0.225 e. The first-order chi connectivity index (χ1) is 11.2. The first-order valence-corrected chi connectivity index (χ1v) is 8.47. The highest BCUT2D eigenvalue weighted by molar-refractivity contribution is 5.44. The van der Waals surface area contributed by atoms with E-state index in [1.807, 2.05) is 18.5 Å². The van der Waals surface area contributed by atoms with Crippen molar-refractivity contribution in [2.75, 3.05) is 32.1 Å². The number of hydrogen-bond acceptors (Lipinski definition) is 4. The Labute approximate surface area is 138 Å². The minimum atomic E-state index is 0.330. The first-order valence-electron chi connectivity index (χ1n) is 8.47. The molecule has 1 aliphatic heterocycles. The Morgan fingerprint density at radius 3 is 2.43 bits per heavy atom. The highest BCUT2D eigenvalue weighted by atomic mass is 15.2. The highest BCUT2D eigenvalue weighted by Gasteiger charge is 2.46. The Morgan fingerprint density at radius 1 is 1.04 bits per heavy atom. The van der Waals surface area contributed by atoms with E-state index < -0.39 is 0 Å². The maximum atomic E-state index is 4.41. The molecule has 1 aromatic carbocycles. The average molecular weight is 308 g/mol. The molecule has 1 saturated heterocycles. The normalized spacial score (nSPS) is 22.6. The van der Waals surface area contributed by atoms with Crippen molar-refractivity contribution in [3.63, 3.8) is 0 Å². The van der Waals surface area contributed by atoms with E-state index in [2.05, 4.69) is 58.1 Å². The molecular weight excluding hydrogens is 284 g/mol. The van der Waals surface area contributed by atoms with E-state index in [4.69, 9.17) is 0 Å². The van der Waals surface area contributed by atoms with Crippen LogP contribution < -0.4 is 4.90 Å². The van der Waals surface area contributed by atoms with Crippen molar-refractivity contribution in [1.29, 1.82) is 0 Å². The largest absolute Gasteiger partial charge is 0.341 e. The van der Waals surface area contributed by atoms with Crippen LogP contribution in [0, 0.1) is 0 Å². The van der Waals surface area contributed by atoms with E-state index >= 15 is 0 Å². The summed E-state index contributed by atoms with van der Waals surface area (Å²) in [6.07, 6.45) is 7.28. The Hall–Kier alpha value is -1.94. The predicted octanol–water partition coefficient (Wildman–Crippen LogP) is 3.02. The van der Waals surface area contributed by atoms with Gasteiger partial charge in [-0.2, -0.15) is 0 Å². The van der Waals surface area contributed by atoms with Gasteiger partial charge in [0.05, 0.1) is 0 Å². The zero-order valence-electron chi connectivity index (χ0n) is 13.9. The van der Waals surface area contributed by atoms with Crippen molar-refractivity contribution < 1.29 is 0 Å². The maximum Gasteiger partial charge on any atom is 0.225 e. The van der Waals surface area contributed by atoms with Crippen molar-refractivity contribution in [2.45, 2.75) is 30.7 Å². The fraction of sp³-hybridized carbons (Fsp3) is 0.474. The number of rotatable bonds is 2. The molecule has 2 heterocycles. The summed E-state index contributed by atoms with van der Waals surface area (Å²) in [5.41, 5.74) is 3.44. The number of benzene rings is 1. The third-order valence-corrected chi connectivity index (χ3v) is 5.65. The van der Waals surface area contributed by atoms with Crippen LogP contribution in [0.2, 0.25) is 0 Å². The molecule has 4 heteroatoms. The summed E-state index contributed by atoms with van der Waals surface area (Å²) in [5, 5.41) is 0. The minimum absolute atomic E-state index is 0.330. The lowest BCUT2D eigenvalue weighted by atomic mass is 9.73. The second-order valence-electron chi connectivity index (χ2n) is 7.09. The Bertz CT molecular complexity index is 675. The predicted molar refractivity (Wildman–Crippen MR) is 92.6 cm³/mol. The third kappa shape index (κ3) is 2.41. The number of anilines is 1. The summed E-state index contributed by atoms with van der Waals surface area (Å²) in [6, 6.07) is 11.5. The van der Waals surface area contributed by atoms with Gasteiger partial charge in [-0.25, -0.2) is 9.97 Å². The minimum Gasteiger partial charge on any atom is -0.341 e. The van der Waals surface area contributed by atoms with Crippen molar-refractivity contribution in [2.24, 2.45) is 0 Å². The SMILES string of the molecule is CN(C)[C@H]1CC2(CCN(c3ncccn3)CC2)c2ccccc21. The number of fused-ring (bicyclic) bond motifs is 2. The quantitative estimate of drug-likeness (QED) is 0.853. The molecule has 0 unspecified atom stereocenters. The molecule has 0 N–H and O–H groups in total. The molecule has 0 bridgehead atoms. The maximum absolute atomic E-state index is 4.41. The summed E-state index contributed by atoms with van der Waals surface area (Å²) in [4.78, 5) is 13.5. The Kier molecular flexibility index (Phi) is 3.57. The molecule has 1 atom stereocenters. The first kappa shape index (κ1) is 14.6. The molecular formula is C19H24N4. The van der Waals surface area contributed by atoms with Crippen LogP contribution in [-0.4, -0.2) is 42.1 Å². The van der Waals surface area contributed by atoms with Gasteiger partial charge in [-0.05, 0) is 50.6 Å². The van der Waals surface area contributed by atoms with E-state index in [0.29, 0.717) is 11.5 Å². The standard InChI is InChI=1S/C19H24N4/c1-22(2)17-14-19(16-7-4-3-6-15(16)17)8-12-23(13-9-19)18-20-10-5-11-21-18/h3-7,10-11,17H,8-9,12-14H2,1-2H3/t17-/m0/s1. The van der Waals surface area contributed by atoms with Crippen molar-refractivity contribution >= 4 is 5.95 Å². The Balaban J connectivity index is 1.60. The van der Waals surface area contributed by atoms with Crippen LogP contribution in [0.5, 0.6) is 0 Å². The van der Waals surface area contributed by atoms with E-state index in [-0.39, 0.29) is 0 Å². The molecule has 4 nitrogen and oxygen atoms in total. The van der Waals surface area contributed by atoms with Gasteiger partial charge in [-0.1, -0.05) is 24.3 Å². The van der Waals surface area contributed by atoms with Gasteiger partial charge in [0.15, 0.2) is 0 Å². The van der Waals surface area contributed by atoms with E-state index in [1.165, 1.54) is 24.8 Å². The molecule has 1 fully saturated rings. The van der Waals surface area contributed by atoms with Gasteiger partial charge in [0, 0.05) is 36.9 Å². The summed E-state index contributed by atoms with van der Waals surface area (Å²) < 4.78 is 0. The number of nitrogens with zero attached hydrogens (tertiary/aromatic N) is 4. The molecule has 1 aliphatic carbocycles. The molecule has 2 aromatic rings. The van der Waals surface area contributed by atoms with Crippen LogP contribution in [0.4, 0.5) is 5.95 Å².